The van der Waals surface area contributed by atoms with Crippen molar-refractivity contribution in [2.75, 3.05) is 36.4 Å². The number of nitrogens with one attached hydrogen (secondary N) is 1. The van der Waals surface area contributed by atoms with Crippen molar-refractivity contribution < 1.29 is 17.6 Å². The first-order valence-electron chi connectivity index (χ1n) is 10.3. The van der Waals surface area contributed by atoms with Crippen molar-refractivity contribution in [3.63, 3.8) is 0 Å². The summed E-state index contributed by atoms with van der Waals surface area (Å²) in [6.45, 7) is 2.60. The van der Waals surface area contributed by atoms with Crippen LogP contribution in [0.25, 0.3) is 0 Å². The number of carbonyl (C=O) groups is 1. The summed E-state index contributed by atoms with van der Waals surface area (Å²) in [5, 5.41) is 2.92. The van der Waals surface area contributed by atoms with Gasteiger partial charge in [0.15, 0.2) is 0 Å². The van der Waals surface area contributed by atoms with Gasteiger partial charge in [0.05, 0.1) is 10.8 Å². The second-order valence-corrected chi connectivity index (χ2v) is 9.82. The summed E-state index contributed by atoms with van der Waals surface area (Å²) >= 11 is 0. The quantitative estimate of drug-likeness (QED) is 0.787. The van der Waals surface area contributed by atoms with Crippen LogP contribution >= 0.6 is 0 Å². The van der Waals surface area contributed by atoms with Gasteiger partial charge < -0.3 is 10.2 Å². The number of amides is 1. The fraction of sp³-hybridized carbons (Fsp3) is 0.409. The van der Waals surface area contributed by atoms with E-state index in [1.165, 1.54) is 29.3 Å². The van der Waals surface area contributed by atoms with E-state index < -0.39 is 21.8 Å². The lowest BCUT2D eigenvalue weighted by Crippen LogP contribution is -2.43. The van der Waals surface area contributed by atoms with Crippen LogP contribution in [-0.2, 0) is 14.8 Å². The number of hydrogen-bond donors (Lipinski definition) is 1. The number of rotatable bonds is 5. The highest BCUT2D eigenvalue weighted by molar-refractivity contribution is 7.89. The number of piperidine rings is 1. The zero-order valence-electron chi connectivity index (χ0n) is 16.8. The van der Waals surface area contributed by atoms with Crippen LogP contribution < -0.4 is 10.2 Å². The van der Waals surface area contributed by atoms with E-state index >= 15 is 0 Å². The summed E-state index contributed by atoms with van der Waals surface area (Å²) < 4.78 is 40.2. The summed E-state index contributed by atoms with van der Waals surface area (Å²) in [6, 6.07) is 12.6. The van der Waals surface area contributed by atoms with E-state index in [9.17, 15) is 17.6 Å². The zero-order valence-corrected chi connectivity index (χ0v) is 17.6. The molecule has 0 aliphatic carbocycles. The Labute approximate surface area is 176 Å². The number of sulfonamides is 1. The number of benzene rings is 2. The molecule has 30 heavy (non-hydrogen) atoms. The smallest absolute Gasteiger partial charge is 0.243 e. The second-order valence-electron chi connectivity index (χ2n) is 7.89. The molecule has 0 unspecified atom stereocenters. The molecule has 1 atom stereocenters. The van der Waals surface area contributed by atoms with Crippen LogP contribution in [0.3, 0.4) is 0 Å². The van der Waals surface area contributed by atoms with Crippen LogP contribution in [0, 0.1) is 11.7 Å². The van der Waals surface area contributed by atoms with E-state index in [1.807, 2.05) is 24.3 Å². The Balaban J connectivity index is 1.40. The largest absolute Gasteiger partial charge is 0.372 e. The normalized spacial score (nSPS) is 20.3. The molecule has 2 fully saturated rings. The van der Waals surface area contributed by atoms with Gasteiger partial charge in [0.25, 0.3) is 0 Å². The van der Waals surface area contributed by atoms with Gasteiger partial charge in [0.1, 0.15) is 5.82 Å². The molecule has 2 aliphatic heterocycles. The molecule has 4 rings (SSSR count). The number of nitrogens with zero attached hydrogens (tertiary/aromatic N) is 2. The molecule has 0 spiro atoms. The van der Waals surface area contributed by atoms with Gasteiger partial charge in [-0.3, -0.25) is 4.79 Å². The molecule has 160 valence electrons. The SMILES string of the molecule is O=C(Nc1ccc(N2CCCC2)cc1)[C@@H]1CCCN(S(=O)(=O)c2ccc(F)cc2)C1. The van der Waals surface area contributed by atoms with Crippen molar-refractivity contribution in [1.82, 2.24) is 4.31 Å². The number of anilines is 2. The first-order chi connectivity index (χ1) is 14.4. The average Bonchev–Trinajstić information content (AvgIpc) is 3.30. The fourth-order valence-electron chi connectivity index (χ4n) is 4.11. The third-order valence-electron chi connectivity index (χ3n) is 5.81. The van der Waals surface area contributed by atoms with Crippen LogP contribution in [0.2, 0.25) is 0 Å². The highest BCUT2D eigenvalue weighted by Crippen LogP contribution is 2.26. The molecule has 2 aliphatic rings. The van der Waals surface area contributed by atoms with E-state index in [4.69, 9.17) is 0 Å². The van der Waals surface area contributed by atoms with Gasteiger partial charge in [-0.15, -0.1) is 0 Å². The predicted octanol–water partition coefficient (Wildman–Crippen LogP) is 3.47. The van der Waals surface area contributed by atoms with E-state index in [0.717, 1.165) is 30.9 Å². The lowest BCUT2D eigenvalue weighted by Gasteiger charge is -2.31. The molecule has 6 nitrogen and oxygen atoms in total. The lowest BCUT2D eigenvalue weighted by molar-refractivity contribution is -0.120. The van der Waals surface area contributed by atoms with Gasteiger partial charge in [0, 0.05) is 37.6 Å². The van der Waals surface area contributed by atoms with Crippen LogP contribution in [0.4, 0.5) is 15.8 Å². The van der Waals surface area contributed by atoms with Gasteiger partial charge in [-0.2, -0.15) is 4.31 Å². The number of carbonyl (C=O) groups excluding carboxylic acids is 1. The van der Waals surface area contributed by atoms with Crippen molar-refractivity contribution >= 4 is 27.3 Å². The lowest BCUT2D eigenvalue weighted by atomic mass is 9.98. The maximum absolute atomic E-state index is 13.1. The molecule has 2 heterocycles. The topological polar surface area (TPSA) is 69.7 Å². The summed E-state index contributed by atoms with van der Waals surface area (Å²) in [5.41, 5.74) is 1.86. The first kappa shape index (κ1) is 20.8. The molecule has 0 aromatic heterocycles. The molecule has 8 heteroatoms. The summed E-state index contributed by atoms with van der Waals surface area (Å²) in [4.78, 5) is 15.1. The number of hydrogen-bond acceptors (Lipinski definition) is 4. The molecule has 2 saturated heterocycles. The Bertz CT molecular complexity index is 987. The standard InChI is InChI=1S/C22H26FN3O3S/c23-18-5-11-21(12-6-18)30(28,29)26-15-3-4-17(16-26)22(27)24-19-7-9-20(10-8-19)25-13-1-2-14-25/h5-12,17H,1-4,13-16H2,(H,24,27)/t17-/m1/s1. The molecule has 1 amide bonds. The Kier molecular flexibility index (Phi) is 6.06. The summed E-state index contributed by atoms with van der Waals surface area (Å²) in [5.74, 6) is -1.09. The van der Waals surface area contributed by atoms with Crippen molar-refractivity contribution in [2.24, 2.45) is 5.92 Å². The zero-order chi connectivity index (χ0) is 21.1. The van der Waals surface area contributed by atoms with Gasteiger partial charge in [0.2, 0.25) is 15.9 Å². The minimum absolute atomic E-state index is 0.0439. The van der Waals surface area contributed by atoms with Gasteiger partial charge >= 0.3 is 0 Å². The van der Waals surface area contributed by atoms with Gasteiger partial charge in [-0.25, -0.2) is 12.8 Å². The molecular weight excluding hydrogens is 405 g/mol. The predicted molar refractivity (Wildman–Crippen MR) is 114 cm³/mol. The minimum atomic E-state index is -3.75. The van der Waals surface area contributed by atoms with E-state index in [1.54, 1.807) is 0 Å². The molecule has 1 N–H and O–H groups in total. The van der Waals surface area contributed by atoms with Crippen molar-refractivity contribution in [2.45, 2.75) is 30.6 Å². The summed E-state index contributed by atoms with van der Waals surface area (Å²) in [7, 11) is -3.75. The highest BCUT2D eigenvalue weighted by Gasteiger charge is 2.33. The van der Waals surface area contributed by atoms with E-state index in [-0.39, 0.29) is 17.3 Å². The minimum Gasteiger partial charge on any atom is -0.372 e. The molecule has 0 radical (unpaired) electrons. The van der Waals surface area contributed by atoms with Crippen molar-refractivity contribution in [3.05, 3.63) is 54.3 Å². The van der Waals surface area contributed by atoms with Crippen LogP contribution in [0.5, 0.6) is 0 Å². The Morgan fingerprint density at radius 3 is 2.27 bits per heavy atom. The van der Waals surface area contributed by atoms with Crippen LogP contribution in [0.15, 0.2) is 53.4 Å². The monoisotopic (exact) mass is 431 g/mol. The van der Waals surface area contributed by atoms with E-state index in [0.29, 0.717) is 25.1 Å². The summed E-state index contributed by atoms with van der Waals surface area (Å²) in [6.07, 6.45) is 3.65. The Morgan fingerprint density at radius 1 is 0.933 bits per heavy atom. The maximum atomic E-state index is 13.1. The van der Waals surface area contributed by atoms with E-state index in [2.05, 4.69) is 10.2 Å². The fourth-order valence-corrected chi connectivity index (χ4v) is 5.63. The maximum Gasteiger partial charge on any atom is 0.243 e. The molecule has 2 aromatic rings. The van der Waals surface area contributed by atoms with Gasteiger partial charge in [-0.05, 0) is 74.2 Å². The highest BCUT2D eigenvalue weighted by atomic mass is 32.2. The Hall–Kier alpha value is -2.45. The van der Waals surface area contributed by atoms with Crippen molar-refractivity contribution in [1.29, 1.82) is 0 Å². The molecule has 2 aromatic carbocycles. The molecule has 0 bridgehead atoms. The number of halogens is 1. The average molecular weight is 432 g/mol. The molecular formula is C22H26FN3O3S. The van der Waals surface area contributed by atoms with Gasteiger partial charge in [-0.1, -0.05) is 0 Å². The first-order valence-corrected chi connectivity index (χ1v) is 11.8. The van der Waals surface area contributed by atoms with Crippen LogP contribution in [0.1, 0.15) is 25.7 Å². The third-order valence-corrected chi connectivity index (χ3v) is 7.69. The second kappa shape index (κ2) is 8.73. The Morgan fingerprint density at radius 2 is 1.60 bits per heavy atom. The van der Waals surface area contributed by atoms with Crippen molar-refractivity contribution in [3.8, 4) is 0 Å². The third kappa shape index (κ3) is 4.49. The van der Waals surface area contributed by atoms with Crippen LogP contribution in [-0.4, -0.2) is 44.8 Å². The molecule has 0 saturated carbocycles.